The number of hydrogen-bond acceptors (Lipinski definition) is 5. The maximum atomic E-state index is 12.3. The molecule has 0 bridgehead atoms. The van der Waals surface area contributed by atoms with Crippen LogP contribution in [0.5, 0.6) is 0 Å². The number of nitrogens with zero attached hydrogens (tertiary/aromatic N) is 2. The average Bonchev–Trinajstić information content (AvgIpc) is 2.82. The van der Waals surface area contributed by atoms with Gasteiger partial charge in [-0.3, -0.25) is 14.2 Å². The summed E-state index contributed by atoms with van der Waals surface area (Å²) in [4.78, 5) is 28.9. The Balaban J connectivity index is 2.09. The summed E-state index contributed by atoms with van der Waals surface area (Å²) >= 11 is 1.54. The van der Waals surface area contributed by atoms with E-state index in [0.717, 1.165) is 10.9 Å². The third kappa shape index (κ3) is 3.89. The number of thioether (sulfide) groups is 1. The number of carbonyl (C=O) groups is 1. The molecule has 2 heterocycles. The van der Waals surface area contributed by atoms with Crippen molar-refractivity contribution in [1.29, 1.82) is 0 Å². The Morgan fingerprint density at radius 1 is 1.55 bits per heavy atom. The first-order valence-corrected chi connectivity index (χ1v) is 8.45. The van der Waals surface area contributed by atoms with E-state index < -0.39 is 0 Å². The van der Waals surface area contributed by atoms with Gasteiger partial charge in [-0.15, -0.1) is 0 Å². The van der Waals surface area contributed by atoms with Crippen LogP contribution in [0.2, 0.25) is 0 Å². The fraction of sp³-hybridized carbons (Fsp3) is 0.667. The van der Waals surface area contributed by atoms with E-state index in [1.165, 1.54) is 0 Å². The highest BCUT2D eigenvalue weighted by Gasteiger charge is 2.28. The summed E-state index contributed by atoms with van der Waals surface area (Å²) in [5, 5.41) is 3.60. The molecule has 0 spiro atoms. The van der Waals surface area contributed by atoms with Crippen LogP contribution in [0, 0.1) is 0 Å². The molecule has 0 aliphatic carbocycles. The molecule has 1 amide bonds. The number of nitrogens with one attached hydrogen (secondary N) is 1. The molecular weight excluding hydrogens is 302 g/mol. The predicted molar refractivity (Wildman–Crippen MR) is 86.4 cm³/mol. The molecule has 0 aromatic carbocycles. The number of amides is 1. The second-order valence-electron chi connectivity index (χ2n) is 5.92. The quantitative estimate of drug-likeness (QED) is 0.804. The summed E-state index contributed by atoms with van der Waals surface area (Å²) in [5.74, 6) is 0.856. The van der Waals surface area contributed by atoms with Gasteiger partial charge >= 0.3 is 0 Å². The molecule has 7 heteroatoms. The molecule has 0 fully saturated rings. The van der Waals surface area contributed by atoms with E-state index in [0.29, 0.717) is 12.4 Å². The summed E-state index contributed by atoms with van der Waals surface area (Å²) in [6, 6.07) is 1.42. The van der Waals surface area contributed by atoms with Crippen molar-refractivity contribution in [2.45, 2.75) is 50.4 Å². The van der Waals surface area contributed by atoms with Gasteiger partial charge in [0.1, 0.15) is 0 Å². The zero-order valence-electron chi connectivity index (χ0n) is 13.5. The van der Waals surface area contributed by atoms with Crippen LogP contribution in [-0.4, -0.2) is 41.0 Å². The van der Waals surface area contributed by atoms with Crippen molar-refractivity contribution in [3.8, 4) is 0 Å². The summed E-state index contributed by atoms with van der Waals surface area (Å²) in [5.41, 5.74) is 0.740. The lowest BCUT2D eigenvalue weighted by Crippen LogP contribution is -2.37. The molecular formula is C15H23N3O3S. The minimum Gasteiger partial charge on any atom is -0.383 e. The summed E-state index contributed by atoms with van der Waals surface area (Å²) in [7, 11) is 1.60. The van der Waals surface area contributed by atoms with Crippen LogP contribution in [-0.2, 0) is 9.53 Å². The van der Waals surface area contributed by atoms with E-state index in [9.17, 15) is 9.59 Å². The van der Waals surface area contributed by atoms with Crippen LogP contribution in [0.3, 0.4) is 0 Å². The van der Waals surface area contributed by atoms with E-state index in [1.54, 1.807) is 29.5 Å². The molecule has 122 valence electrons. The van der Waals surface area contributed by atoms with Gasteiger partial charge in [-0.2, -0.15) is 0 Å². The highest BCUT2D eigenvalue weighted by atomic mass is 32.2. The topological polar surface area (TPSA) is 73.2 Å². The molecule has 2 rings (SSSR count). The molecule has 6 nitrogen and oxygen atoms in total. The van der Waals surface area contributed by atoms with Crippen LogP contribution in [0.4, 0.5) is 0 Å². The van der Waals surface area contributed by atoms with Gasteiger partial charge in [0, 0.05) is 31.4 Å². The molecule has 0 radical (unpaired) electrons. The van der Waals surface area contributed by atoms with Crippen molar-refractivity contribution in [3.63, 3.8) is 0 Å². The van der Waals surface area contributed by atoms with Crippen molar-refractivity contribution in [2.24, 2.45) is 0 Å². The van der Waals surface area contributed by atoms with Crippen LogP contribution in [0.25, 0.3) is 0 Å². The monoisotopic (exact) mass is 325 g/mol. The first-order chi connectivity index (χ1) is 10.4. The first kappa shape index (κ1) is 17.0. The second-order valence-corrected chi connectivity index (χ2v) is 6.91. The van der Waals surface area contributed by atoms with Crippen LogP contribution in [0.1, 0.15) is 44.8 Å². The molecule has 2 atom stereocenters. The summed E-state index contributed by atoms with van der Waals surface area (Å²) in [6.07, 6.45) is 0.288. The van der Waals surface area contributed by atoms with Crippen LogP contribution < -0.4 is 10.9 Å². The largest absolute Gasteiger partial charge is 0.383 e. The highest BCUT2D eigenvalue weighted by Crippen LogP contribution is 2.32. The van der Waals surface area contributed by atoms with E-state index in [2.05, 4.69) is 10.3 Å². The number of carbonyl (C=O) groups excluding carboxylic acids is 1. The van der Waals surface area contributed by atoms with E-state index in [1.807, 2.05) is 20.8 Å². The Labute approximate surface area is 134 Å². The first-order valence-electron chi connectivity index (χ1n) is 7.47. The lowest BCUT2D eigenvalue weighted by Gasteiger charge is -2.16. The zero-order valence-corrected chi connectivity index (χ0v) is 14.3. The van der Waals surface area contributed by atoms with Crippen molar-refractivity contribution >= 4 is 17.7 Å². The van der Waals surface area contributed by atoms with Crippen LogP contribution in [0.15, 0.2) is 16.0 Å². The summed E-state index contributed by atoms with van der Waals surface area (Å²) < 4.78 is 6.65. The third-order valence-electron chi connectivity index (χ3n) is 3.55. The van der Waals surface area contributed by atoms with Crippen molar-refractivity contribution in [1.82, 2.24) is 14.9 Å². The molecule has 1 N–H and O–H groups in total. The molecule has 22 heavy (non-hydrogen) atoms. The molecule has 1 aromatic rings. The second kappa shape index (κ2) is 7.28. The molecule has 2 unspecified atom stereocenters. The molecule has 1 aliphatic heterocycles. The Bertz CT molecular complexity index is 600. The average molecular weight is 325 g/mol. The number of fused-ring (bicyclic) bond motifs is 1. The number of rotatable bonds is 6. The maximum absolute atomic E-state index is 12.3. The number of methoxy groups -OCH3 is 1. The maximum Gasteiger partial charge on any atom is 0.254 e. The van der Waals surface area contributed by atoms with E-state index in [-0.39, 0.29) is 35.9 Å². The standard InChI is InChI=1S/C15H23N3O3S/c1-9(2)12-6-14(20)18-11(8-22-15(18)17-12)5-13(19)16-10(3)7-21-4/h6,9-11H,5,7-8H2,1-4H3,(H,16,19). The van der Waals surface area contributed by atoms with Gasteiger partial charge in [0.25, 0.3) is 5.56 Å². The minimum absolute atomic E-state index is 0.0378. The van der Waals surface area contributed by atoms with Gasteiger partial charge in [-0.1, -0.05) is 25.6 Å². The number of ether oxygens (including phenoxy) is 1. The van der Waals surface area contributed by atoms with Crippen molar-refractivity contribution in [3.05, 3.63) is 22.1 Å². The fourth-order valence-corrected chi connectivity index (χ4v) is 3.61. The number of aromatic nitrogens is 2. The Kier molecular flexibility index (Phi) is 5.63. The Hall–Kier alpha value is -1.34. The molecule has 0 saturated carbocycles. The SMILES string of the molecule is COCC(C)NC(=O)CC1CSc2nc(C(C)C)cc(=O)n21. The minimum atomic E-state index is -0.129. The number of hydrogen-bond donors (Lipinski definition) is 1. The molecule has 0 saturated heterocycles. The Morgan fingerprint density at radius 2 is 2.27 bits per heavy atom. The zero-order chi connectivity index (χ0) is 16.3. The van der Waals surface area contributed by atoms with Gasteiger partial charge in [-0.25, -0.2) is 4.98 Å². The van der Waals surface area contributed by atoms with Gasteiger partial charge in [0.05, 0.1) is 18.3 Å². The van der Waals surface area contributed by atoms with Crippen molar-refractivity contribution in [2.75, 3.05) is 19.5 Å². The highest BCUT2D eigenvalue weighted by molar-refractivity contribution is 7.99. The Morgan fingerprint density at radius 3 is 2.91 bits per heavy atom. The molecule has 1 aromatic heterocycles. The predicted octanol–water partition coefficient (Wildman–Crippen LogP) is 1.55. The van der Waals surface area contributed by atoms with Gasteiger partial charge in [0.2, 0.25) is 5.91 Å². The fourth-order valence-electron chi connectivity index (χ4n) is 2.46. The van der Waals surface area contributed by atoms with Gasteiger partial charge < -0.3 is 10.1 Å². The lowest BCUT2D eigenvalue weighted by molar-refractivity contribution is -0.122. The molecule has 1 aliphatic rings. The van der Waals surface area contributed by atoms with Gasteiger partial charge in [0.15, 0.2) is 5.16 Å². The third-order valence-corrected chi connectivity index (χ3v) is 4.64. The lowest BCUT2D eigenvalue weighted by atomic mass is 10.1. The van der Waals surface area contributed by atoms with E-state index >= 15 is 0 Å². The van der Waals surface area contributed by atoms with Gasteiger partial charge in [-0.05, 0) is 12.8 Å². The van der Waals surface area contributed by atoms with Crippen LogP contribution >= 0.6 is 11.8 Å². The summed E-state index contributed by atoms with van der Waals surface area (Å²) in [6.45, 7) is 6.39. The normalized spacial score (nSPS) is 18.3. The smallest absolute Gasteiger partial charge is 0.254 e. The van der Waals surface area contributed by atoms with Crippen molar-refractivity contribution < 1.29 is 9.53 Å². The van der Waals surface area contributed by atoms with E-state index in [4.69, 9.17) is 4.74 Å².